The van der Waals surface area contributed by atoms with E-state index in [9.17, 15) is 4.79 Å². The predicted molar refractivity (Wildman–Crippen MR) is 96.8 cm³/mol. The molecule has 2 unspecified atom stereocenters. The minimum absolute atomic E-state index is 0.130. The molecule has 140 valence electrons. The fraction of sp³-hybridized carbons (Fsp3) is 0.632. The van der Waals surface area contributed by atoms with Crippen LogP contribution in [0.2, 0.25) is 0 Å². The number of carbonyl (C=O) groups is 1. The smallest absolute Gasteiger partial charge is 0.247 e. The Morgan fingerprint density at radius 2 is 2.00 bits per heavy atom. The Balaban J connectivity index is 1.41. The lowest BCUT2D eigenvalue weighted by Gasteiger charge is -2.35. The van der Waals surface area contributed by atoms with Crippen molar-refractivity contribution >= 4 is 5.91 Å². The van der Waals surface area contributed by atoms with Gasteiger partial charge in [0.05, 0.1) is 11.7 Å². The minimum atomic E-state index is -0.320. The summed E-state index contributed by atoms with van der Waals surface area (Å²) in [7, 11) is 0. The molecule has 2 atom stereocenters. The summed E-state index contributed by atoms with van der Waals surface area (Å²) in [6.07, 6.45) is 10.2. The Morgan fingerprint density at radius 1 is 1.23 bits per heavy atom. The van der Waals surface area contributed by atoms with Crippen molar-refractivity contribution in [2.24, 2.45) is 0 Å². The fourth-order valence-electron chi connectivity index (χ4n) is 4.03. The van der Waals surface area contributed by atoms with Crippen LogP contribution in [0.1, 0.15) is 56.3 Å². The number of piperidine rings is 1. The van der Waals surface area contributed by atoms with E-state index in [-0.39, 0.29) is 11.9 Å². The third kappa shape index (κ3) is 3.53. The van der Waals surface area contributed by atoms with Gasteiger partial charge < -0.3 is 14.2 Å². The van der Waals surface area contributed by atoms with Crippen LogP contribution in [-0.4, -0.2) is 56.7 Å². The first-order valence-electron chi connectivity index (χ1n) is 9.63. The van der Waals surface area contributed by atoms with Gasteiger partial charge in [-0.1, -0.05) is 5.21 Å². The summed E-state index contributed by atoms with van der Waals surface area (Å²) in [5.41, 5.74) is 0.983. The van der Waals surface area contributed by atoms with Crippen LogP contribution in [0.3, 0.4) is 0 Å². The molecule has 4 heterocycles. The van der Waals surface area contributed by atoms with E-state index in [1.165, 1.54) is 0 Å². The molecule has 2 saturated heterocycles. The zero-order valence-electron chi connectivity index (χ0n) is 15.3. The highest BCUT2D eigenvalue weighted by atomic mass is 16.5. The molecule has 26 heavy (non-hydrogen) atoms. The van der Waals surface area contributed by atoms with E-state index in [1.54, 1.807) is 4.68 Å². The molecule has 0 aliphatic carbocycles. The van der Waals surface area contributed by atoms with Gasteiger partial charge in [-0.3, -0.25) is 4.79 Å². The topological polar surface area (TPSA) is 65.2 Å². The second-order valence-corrected chi connectivity index (χ2v) is 7.40. The molecule has 2 aromatic heterocycles. The molecule has 0 N–H and O–H groups in total. The van der Waals surface area contributed by atoms with Crippen LogP contribution in [0, 0.1) is 0 Å². The summed E-state index contributed by atoms with van der Waals surface area (Å²) in [6.45, 7) is 5.06. The van der Waals surface area contributed by atoms with Crippen LogP contribution in [0.5, 0.6) is 0 Å². The zero-order valence-corrected chi connectivity index (χ0v) is 15.3. The molecule has 0 aromatic carbocycles. The highest BCUT2D eigenvalue weighted by molar-refractivity contribution is 5.80. The number of hydrogen-bond acceptors (Lipinski definition) is 4. The summed E-state index contributed by atoms with van der Waals surface area (Å²) in [5, 5.41) is 8.58. The van der Waals surface area contributed by atoms with Crippen molar-refractivity contribution in [3.63, 3.8) is 0 Å². The van der Waals surface area contributed by atoms with Gasteiger partial charge in [0.25, 0.3) is 0 Å². The van der Waals surface area contributed by atoms with Crippen LogP contribution in [0.15, 0.2) is 30.7 Å². The molecular formula is C19H27N5O2. The minimum Gasteiger partial charge on any atom is -0.381 e. The lowest BCUT2D eigenvalue weighted by atomic mass is 9.97. The quantitative estimate of drug-likeness (QED) is 0.843. The van der Waals surface area contributed by atoms with Gasteiger partial charge >= 0.3 is 0 Å². The fourth-order valence-corrected chi connectivity index (χ4v) is 4.03. The van der Waals surface area contributed by atoms with Crippen molar-refractivity contribution in [3.05, 3.63) is 36.4 Å². The zero-order chi connectivity index (χ0) is 17.9. The number of rotatable bonds is 4. The van der Waals surface area contributed by atoms with Crippen LogP contribution in [0.4, 0.5) is 0 Å². The molecule has 2 aromatic rings. The van der Waals surface area contributed by atoms with Crippen molar-refractivity contribution in [2.75, 3.05) is 26.3 Å². The molecule has 0 saturated carbocycles. The second kappa shape index (κ2) is 7.61. The SMILES string of the molecule is CC(C(=O)N1CCCC(n2cccc2)C1)n1cc(C2CCOCC2)nn1. The Labute approximate surface area is 153 Å². The average Bonchev–Trinajstić information content (AvgIpc) is 3.40. The number of carbonyl (C=O) groups excluding carboxylic acids is 1. The predicted octanol–water partition coefficient (Wildman–Crippen LogP) is 2.40. The van der Waals surface area contributed by atoms with Crippen molar-refractivity contribution in [3.8, 4) is 0 Å². The van der Waals surface area contributed by atoms with Crippen molar-refractivity contribution < 1.29 is 9.53 Å². The highest BCUT2D eigenvalue weighted by Gasteiger charge is 2.29. The Morgan fingerprint density at radius 3 is 2.77 bits per heavy atom. The first kappa shape index (κ1) is 17.3. The van der Waals surface area contributed by atoms with Gasteiger partial charge in [-0.25, -0.2) is 4.68 Å². The Bertz CT molecular complexity index is 720. The Kier molecular flexibility index (Phi) is 5.06. The van der Waals surface area contributed by atoms with Gasteiger partial charge in [0.1, 0.15) is 6.04 Å². The van der Waals surface area contributed by atoms with E-state index >= 15 is 0 Å². The second-order valence-electron chi connectivity index (χ2n) is 7.40. The molecule has 0 spiro atoms. The maximum Gasteiger partial charge on any atom is 0.247 e. The first-order valence-corrected chi connectivity index (χ1v) is 9.63. The summed E-state index contributed by atoms with van der Waals surface area (Å²) in [6, 6.07) is 4.12. The summed E-state index contributed by atoms with van der Waals surface area (Å²) in [5.74, 6) is 0.526. The molecule has 2 aliphatic rings. The molecule has 2 fully saturated rings. The third-order valence-electron chi connectivity index (χ3n) is 5.68. The lowest BCUT2D eigenvalue weighted by molar-refractivity contribution is -0.136. The number of likely N-dealkylation sites (tertiary alicyclic amines) is 1. The summed E-state index contributed by atoms with van der Waals surface area (Å²) >= 11 is 0. The maximum atomic E-state index is 13.0. The Hall–Kier alpha value is -2.15. The molecular weight excluding hydrogens is 330 g/mol. The highest BCUT2D eigenvalue weighted by Crippen LogP contribution is 2.27. The lowest BCUT2D eigenvalue weighted by Crippen LogP contribution is -2.43. The van der Waals surface area contributed by atoms with Crippen molar-refractivity contribution in [2.45, 2.75) is 50.6 Å². The van der Waals surface area contributed by atoms with Crippen LogP contribution in [-0.2, 0) is 9.53 Å². The number of aromatic nitrogens is 4. The molecule has 4 rings (SSSR count). The van der Waals surface area contributed by atoms with Crippen LogP contribution < -0.4 is 0 Å². The van der Waals surface area contributed by atoms with E-state index in [0.29, 0.717) is 12.0 Å². The van der Waals surface area contributed by atoms with E-state index < -0.39 is 0 Å². The molecule has 0 bridgehead atoms. The number of ether oxygens (including phenoxy) is 1. The summed E-state index contributed by atoms with van der Waals surface area (Å²) < 4.78 is 9.36. The molecule has 2 aliphatic heterocycles. The molecule has 1 amide bonds. The monoisotopic (exact) mass is 357 g/mol. The first-order chi connectivity index (χ1) is 12.7. The van der Waals surface area contributed by atoms with Crippen molar-refractivity contribution in [1.82, 2.24) is 24.5 Å². The van der Waals surface area contributed by atoms with E-state index in [4.69, 9.17) is 4.74 Å². The number of amides is 1. The van der Waals surface area contributed by atoms with Gasteiger partial charge in [0.15, 0.2) is 0 Å². The third-order valence-corrected chi connectivity index (χ3v) is 5.68. The average molecular weight is 357 g/mol. The standard InChI is InChI=1S/C19H27N5O2/c1-15(24-14-18(20-21-24)16-6-11-26-12-7-16)19(25)23-10-4-5-17(13-23)22-8-2-3-9-22/h2-3,8-9,14-17H,4-7,10-13H2,1H3. The van der Waals surface area contributed by atoms with Gasteiger partial charge in [0.2, 0.25) is 5.91 Å². The number of hydrogen-bond donors (Lipinski definition) is 0. The van der Waals surface area contributed by atoms with E-state index in [2.05, 4.69) is 27.3 Å². The summed E-state index contributed by atoms with van der Waals surface area (Å²) in [4.78, 5) is 15.0. The normalized spacial score (nSPS) is 23.1. The molecule has 7 nitrogen and oxygen atoms in total. The van der Waals surface area contributed by atoms with Crippen LogP contribution in [0.25, 0.3) is 0 Å². The van der Waals surface area contributed by atoms with Gasteiger partial charge in [0, 0.05) is 50.8 Å². The van der Waals surface area contributed by atoms with Gasteiger partial charge in [-0.05, 0) is 44.7 Å². The molecule has 7 heteroatoms. The maximum absolute atomic E-state index is 13.0. The van der Waals surface area contributed by atoms with Crippen LogP contribution >= 0.6 is 0 Å². The number of nitrogens with zero attached hydrogens (tertiary/aromatic N) is 5. The van der Waals surface area contributed by atoms with E-state index in [0.717, 1.165) is 57.7 Å². The van der Waals surface area contributed by atoms with Crippen molar-refractivity contribution in [1.29, 1.82) is 0 Å². The van der Waals surface area contributed by atoms with Gasteiger partial charge in [-0.2, -0.15) is 0 Å². The van der Waals surface area contributed by atoms with E-state index in [1.807, 2.05) is 30.2 Å². The largest absolute Gasteiger partial charge is 0.381 e. The molecule has 0 radical (unpaired) electrons. The van der Waals surface area contributed by atoms with Gasteiger partial charge in [-0.15, -0.1) is 5.10 Å².